The van der Waals surface area contributed by atoms with Crippen LogP contribution in [-0.4, -0.2) is 38.7 Å². The van der Waals surface area contributed by atoms with Crippen LogP contribution in [0.25, 0.3) is 11.1 Å². The quantitative estimate of drug-likeness (QED) is 0.632. The topological polar surface area (TPSA) is 71.1 Å². The number of ether oxygens (including phenoxy) is 4. The highest BCUT2D eigenvalue weighted by molar-refractivity contribution is 6.02. The second-order valence-corrected chi connectivity index (χ2v) is 7.62. The van der Waals surface area contributed by atoms with Crippen LogP contribution in [0.2, 0.25) is 0 Å². The van der Waals surface area contributed by atoms with Gasteiger partial charge in [-0.15, -0.1) is 0 Å². The Balaban J connectivity index is 1.68. The van der Waals surface area contributed by atoms with E-state index in [1.54, 1.807) is 13.2 Å². The fourth-order valence-corrected chi connectivity index (χ4v) is 4.35. The summed E-state index contributed by atoms with van der Waals surface area (Å²) in [4.78, 5) is 24.5. The van der Waals surface area contributed by atoms with Gasteiger partial charge in [-0.3, -0.25) is 4.79 Å². The van der Waals surface area contributed by atoms with E-state index in [1.165, 1.54) is 7.11 Å². The van der Waals surface area contributed by atoms with Gasteiger partial charge in [0.2, 0.25) is 5.75 Å². The second kappa shape index (κ2) is 8.78. The largest absolute Gasteiger partial charge is 0.493 e. The minimum absolute atomic E-state index is 0.0174. The number of benzene rings is 2. The Morgan fingerprint density at radius 2 is 1.70 bits per heavy atom. The maximum absolute atomic E-state index is 12.3. The first-order chi connectivity index (χ1) is 14.6. The van der Waals surface area contributed by atoms with E-state index in [0.717, 1.165) is 47.9 Å². The lowest BCUT2D eigenvalue weighted by atomic mass is 9.95. The van der Waals surface area contributed by atoms with Crippen LogP contribution in [-0.2, 0) is 16.0 Å². The number of methoxy groups -OCH3 is 2. The monoisotopic (exact) mass is 410 g/mol. The summed E-state index contributed by atoms with van der Waals surface area (Å²) in [6.07, 6.45) is 5.16. The lowest BCUT2D eigenvalue weighted by Crippen LogP contribution is -2.21. The molecule has 0 atom stereocenters. The maximum atomic E-state index is 12.3. The zero-order chi connectivity index (χ0) is 21.1. The molecule has 0 unspecified atom stereocenters. The first kappa shape index (κ1) is 20.3. The minimum atomic E-state index is -0.397. The van der Waals surface area contributed by atoms with Gasteiger partial charge >= 0.3 is 5.97 Å². The lowest BCUT2D eigenvalue weighted by Gasteiger charge is -2.19. The van der Waals surface area contributed by atoms with Crippen molar-refractivity contribution >= 4 is 11.8 Å². The van der Waals surface area contributed by atoms with Gasteiger partial charge in [0.05, 0.1) is 14.2 Å². The lowest BCUT2D eigenvalue weighted by molar-refractivity contribution is -0.151. The summed E-state index contributed by atoms with van der Waals surface area (Å²) in [6, 6.07) is 9.36. The van der Waals surface area contributed by atoms with E-state index in [-0.39, 0.29) is 18.5 Å². The van der Waals surface area contributed by atoms with Crippen molar-refractivity contribution in [1.29, 1.82) is 0 Å². The summed E-state index contributed by atoms with van der Waals surface area (Å²) in [6.45, 7) is -0.221. The molecule has 1 saturated carbocycles. The molecule has 0 spiro atoms. The molecule has 2 aromatic carbocycles. The van der Waals surface area contributed by atoms with Gasteiger partial charge in [0, 0.05) is 17.5 Å². The molecule has 0 amide bonds. The third-order valence-electron chi connectivity index (χ3n) is 5.80. The molecule has 2 aliphatic carbocycles. The SMILES string of the molecule is COc1ccc(-c2cccc3c2CCC3=O)c(OCC(=O)OC2CCCC2)c1OC. The number of carbonyl (C=O) groups excluding carboxylic acids is 2. The third kappa shape index (κ3) is 3.86. The zero-order valence-electron chi connectivity index (χ0n) is 17.4. The van der Waals surface area contributed by atoms with E-state index in [9.17, 15) is 9.59 Å². The van der Waals surface area contributed by atoms with E-state index in [2.05, 4.69) is 0 Å². The van der Waals surface area contributed by atoms with Gasteiger partial charge in [0.1, 0.15) is 6.10 Å². The van der Waals surface area contributed by atoms with Crippen molar-refractivity contribution in [2.24, 2.45) is 0 Å². The van der Waals surface area contributed by atoms with Crippen LogP contribution in [0.5, 0.6) is 17.2 Å². The Morgan fingerprint density at radius 1 is 0.933 bits per heavy atom. The fourth-order valence-electron chi connectivity index (χ4n) is 4.35. The van der Waals surface area contributed by atoms with Crippen molar-refractivity contribution in [2.75, 3.05) is 20.8 Å². The average molecular weight is 410 g/mol. The fraction of sp³-hybridized carbons (Fsp3) is 0.417. The third-order valence-corrected chi connectivity index (χ3v) is 5.80. The Hall–Kier alpha value is -3.02. The summed E-state index contributed by atoms with van der Waals surface area (Å²) in [5.41, 5.74) is 3.40. The minimum Gasteiger partial charge on any atom is -0.493 e. The molecule has 0 N–H and O–H groups in total. The summed E-state index contributed by atoms with van der Waals surface area (Å²) < 4.78 is 22.4. The van der Waals surface area contributed by atoms with Gasteiger partial charge in [-0.25, -0.2) is 4.79 Å². The number of esters is 1. The first-order valence-electron chi connectivity index (χ1n) is 10.3. The van der Waals surface area contributed by atoms with Crippen molar-refractivity contribution in [3.05, 3.63) is 41.5 Å². The van der Waals surface area contributed by atoms with E-state index >= 15 is 0 Å². The number of carbonyl (C=O) groups is 2. The predicted octanol–water partition coefficient (Wildman–Crippen LogP) is 4.36. The van der Waals surface area contributed by atoms with Crippen molar-refractivity contribution in [3.63, 3.8) is 0 Å². The molecule has 0 saturated heterocycles. The zero-order valence-corrected chi connectivity index (χ0v) is 17.4. The Labute approximate surface area is 176 Å². The van der Waals surface area contributed by atoms with Crippen molar-refractivity contribution in [3.8, 4) is 28.4 Å². The Kier molecular flexibility index (Phi) is 5.93. The number of fused-ring (bicyclic) bond motifs is 1. The summed E-state index contributed by atoms with van der Waals surface area (Å²) in [5, 5.41) is 0. The van der Waals surface area contributed by atoms with Gasteiger partial charge in [0.15, 0.2) is 23.9 Å². The molecule has 0 aliphatic heterocycles. The van der Waals surface area contributed by atoms with Crippen LogP contribution < -0.4 is 14.2 Å². The van der Waals surface area contributed by atoms with Crippen molar-refractivity contribution in [2.45, 2.75) is 44.6 Å². The Morgan fingerprint density at radius 3 is 2.43 bits per heavy atom. The molecule has 4 rings (SSSR count). The highest BCUT2D eigenvalue weighted by atomic mass is 16.6. The molecule has 6 heteroatoms. The van der Waals surface area contributed by atoms with Crippen LogP contribution in [0.15, 0.2) is 30.3 Å². The average Bonchev–Trinajstić information content (AvgIpc) is 3.41. The molecule has 6 nitrogen and oxygen atoms in total. The van der Waals surface area contributed by atoms with Gasteiger partial charge in [-0.1, -0.05) is 18.2 Å². The van der Waals surface area contributed by atoms with Crippen LogP contribution in [0, 0.1) is 0 Å². The van der Waals surface area contributed by atoms with Gasteiger partial charge in [-0.2, -0.15) is 0 Å². The molecule has 30 heavy (non-hydrogen) atoms. The molecule has 2 aromatic rings. The highest BCUT2D eigenvalue weighted by Gasteiger charge is 2.27. The van der Waals surface area contributed by atoms with Gasteiger partial charge in [0.25, 0.3) is 0 Å². The Bertz CT molecular complexity index is 958. The molecule has 0 aromatic heterocycles. The molecule has 0 radical (unpaired) electrons. The molecule has 158 valence electrons. The van der Waals surface area contributed by atoms with Gasteiger partial charge < -0.3 is 18.9 Å². The van der Waals surface area contributed by atoms with Crippen LogP contribution in [0.4, 0.5) is 0 Å². The highest BCUT2D eigenvalue weighted by Crippen LogP contribution is 2.46. The van der Waals surface area contributed by atoms with Crippen molar-refractivity contribution in [1.82, 2.24) is 0 Å². The normalized spacial score (nSPS) is 15.7. The van der Waals surface area contributed by atoms with Crippen molar-refractivity contribution < 1.29 is 28.5 Å². The molecule has 1 fully saturated rings. The smallest absolute Gasteiger partial charge is 0.344 e. The number of hydrogen-bond acceptors (Lipinski definition) is 6. The maximum Gasteiger partial charge on any atom is 0.344 e. The molecule has 0 bridgehead atoms. The summed E-state index contributed by atoms with van der Waals surface area (Å²) in [5.74, 6) is 1.07. The van der Waals surface area contributed by atoms with Crippen LogP contribution in [0.1, 0.15) is 48.0 Å². The summed E-state index contributed by atoms with van der Waals surface area (Å²) in [7, 11) is 3.08. The molecular formula is C24H26O6. The van der Waals surface area contributed by atoms with Crippen LogP contribution >= 0.6 is 0 Å². The number of rotatable bonds is 7. The first-order valence-corrected chi connectivity index (χ1v) is 10.3. The predicted molar refractivity (Wildman–Crippen MR) is 111 cm³/mol. The number of ketones is 1. The molecule has 0 heterocycles. The van der Waals surface area contributed by atoms with E-state index in [0.29, 0.717) is 30.1 Å². The van der Waals surface area contributed by atoms with Gasteiger partial charge in [-0.05, 0) is 55.4 Å². The molecular weight excluding hydrogens is 384 g/mol. The number of hydrogen-bond donors (Lipinski definition) is 0. The van der Waals surface area contributed by atoms with E-state index in [1.807, 2.05) is 24.3 Å². The van der Waals surface area contributed by atoms with E-state index in [4.69, 9.17) is 18.9 Å². The molecule has 2 aliphatic rings. The standard InChI is InChI=1S/C24H26O6/c1-27-21-13-11-19(16-8-5-9-18-17(16)10-12-20(18)25)23(24(21)28-2)29-14-22(26)30-15-6-3-4-7-15/h5,8-9,11,13,15H,3-4,6-7,10,12,14H2,1-2H3. The summed E-state index contributed by atoms with van der Waals surface area (Å²) >= 11 is 0. The van der Waals surface area contributed by atoms with Crippen LogP contribution in [0.3, 0.4) is 0 Å². The van der Waals surface area contributed by atoms with E-state index < -0.39 is 5.97 Å². The second-order valence-electron chi connectivity index (χ2n) is 7.62. The number of Topliss-reactive ketones (excluding diaryl/α,β-unsaturated/α-hetero) is 1.